The molecule has 1 amide bonds. The number of rotatable bonds is 6. The van der Waals surface area contributed by atoms with E-state index in [4.69, 9.17) is 0 Å². The minimum absolute atomic E-state index is 0.0704. The van der Waals surface area contributed by atoms with Crippen LogP contribution in [0.25, 0.3) is 0 Å². The molecule has 2 rings (SSSR count). The number of halogens is 1. The molecule has 0 saturated carbocycles. The molecular weight excluding hydrogens is 283 g/mol. The largest absolute Gasteiger partial charge is 0.354 e. The van der Waals surface area contributed by atoms with Crippen LogP contribution in [0.5, 0.6) is 0 Å². The molecule has 6 heteroatoms. The summed E-state index contributed by atoms with van der Waals surface area (Å²) in [5.74, 6) is 0.0337. The Labute approximate surface area is 129 Å². The van der Waals surface area contributed by atoms with Crippen molar-refractivity contribution >= 4 is 11.9 Å². The molecule has 0 aliphatic rings. The molecule has 0 aliphatic carbocycles. The Morgan fingerprint density at radius 3 is 2.41 bits per heavy atom. The van der Waals surface area contributed by atoms with Gasteiger partial charge in [0.15, 0.2) is 0 Å². The number of aromatic nitrogens is 2. The van der Waals surface area contributed by atoms with Crippen molar-refractivity contribution in [2.45, 2.75) is 26.3 Å². The van der Waals surface area contributed by atoms with E-state index in [-0.39, 0.29) is 17.8 Å². The summed E-state index contributed by atoms with van der Waals surface area (Å²) in [6.45, 7) is 4.41. The third-order valence-electron chi connectivity index (χ3n) is 2.94. The summed E-state index contributed by atoms with van der Waals surface area (Å²) in [4.78, 5) is 20.0. The molecule has 5 nitrogen and oxygen atoms in total. The van der Waals surface area contributed by atoms with Crippen LogP contribution in [0.1, 0.15) is 29.8 Å². The number of carbonyl (C=O) groups excluding carboxylic acids is 1. The van der Waals surface area contributed by atoms with Gasteiger partial charge in [-0.15, -0.1) is 0 Å². The van der Waals surface area contributed by atoms with Gasteiger partial charge in [-0.05, 0) is 38.0 Å². The first-order valence-electron chi connectivity index (χ1n) is 7.16. The van der Waals surface area contributed by atoms with E-state index in [0.717, 1.165) is 12.0 Å². The van der Waals surface area contributed by atoms with Crippen LogP contribution in [0.3, 0.4) is 0 Å². The monoisotopic (exact) mass is 302 g/mol. The minimum Gasteiger partial charge on any atom is -0.354 e. The highest BCUT2D eigenvalue weighted by Crippen LogP contribution is 2.05. The van der Waals surface area contributed by atoms with Crippen molar-refractivity contribution in [3.63, 3.8) is 0 Å². The maximum atomic E-state index is 12.8. The number of benzene rings is 1. The summed E-state index contributed by atoms with van der Waals surface area (Å²) in [5.41, 5.74) is 1.46. The van der Waals surface area contributed by atoms with Gasteiger partial charge in [0.1, 0.15) is 5.82 Å². The normalized spacial score (nSPS) is 10.5. The van der Waals surface area contributed by atoms with Crippen molar-refractivity contribution in [3.8, 4) is 0 Å². The van der Waals surface area contributed by atoms with Crippen molar-refractivity contribution in [3.05, 3.63) is 53.6 Å². The van der Waals surface area contributed by atoms with Gasteiger partial charge in [0.25, 0.3) is 5.91 Å². The van der Waals surface area contributed by atoms with Crippen molar-refractivity contribution < 1.29 is 9.18 Å². The number of anilines is 1. The predicted octanol–water partition coefficient (Wildman–Crippen LogP) is 2.41. The zero-order valence-corrected chi connectivity index (χ0v) is 12.6. The Morgan fingerprint density at radius 2 is 1.82 bits per heavy atom. The Hall–Kier alpha value is -2.50. The zero-order valence-electron chi connectivity index (χ0n) is 12.6. The van der Waals surface area contributed by atoms with Crippen LogP contribution in [0.4, 0.5) is 10.3 Å². The number of hydrogen-bond donors (Lipinski definition) is 2. The van der Waals surface area contributed by atoms with E-state index < -0.39 is 0 Å². The van der Waals surface area contributed by atoms with Gasteiger partial charge in [-0.1, -0.05) is 12.1 Å². The predicted molar refractivity (Wildman–Crippen MR) is 83.2 cm³/mol. The lowest BCUT2D eigenvalue weighted by Crippen LogP contribution is -2.30. The molecule has 0 aliphatic heterocycles. The highest BCUT2D eigenvalue weighted by molar-refractivity contribution is 5.93. The summed E-state index contributed by atoms with van der Waals surface area (Å²) >= 11 is 0. The Morgan fingerprint density at radius 1 is 1.18 bits per heavy atom. The van der Waals surface area contributed by atoms with Crippen molar-refractivity contribution in [2.24, 2.45) is 0 Å². The second-order valence-electron chi connectivity index (χ2n) is 5.23. The standard InChI is InChI=1S/C16H19FN4O/c1-11(2)21-15(22)13-9-19-16(20-10-13)18-8-7-12-3-5-14(17)6-4-12/h3-6,9-11H,7-8H2,1-2H3,(H,21,22)(H,18,19,20). The Bertz CT molecular complexity index is 611. The van der Waals surface area contributed by atoms with E-state index in [1.807, 2.05) is 13.8 Å². The van der Waals surface area contributed by atoms with Crippen molar-refractivity contribution in [1.82, 2.24) is 15.3 Å². The van der Waals surface area contributed by atoms with Gasteiger partial charge in [-0.25, -0.2) is 14.4 Å². The Kier molecular flexibility index (Phi) is 5.41. The van der Waals surface area contributed by atoms with Crippen LogP contribution in [-0.4, -0.2) is 28.5 Å². The first kappa shape index (κ1) is 15.9. The van der Waals surface area contributed by atoms with E-state index in [2.05, 4.69) is 20.6 Å². The van der Waals surface area contributed by atoms with E-state index in [1.165, 1.54) is 24.5 Å². The molecule has 0 saturated heterocycles. The summed E-state index contributed by atoms with van der Waals surface area (Å²) in [7, 11) is 0. The maximum Gasteiger partial charge on any atom is 0.254 e. The van der Waals surface area contributed by atoms with Gasteiger partial charge in [-0.3, -0.25) is 4.79 Å². The van der Waals surface area contributed by atoms with Crippen LogP contribution >= 0.6 is 0 Å². The SMILES string of the molecule is CC(C)NC(=O)c1cnc(NCCc2ccc(F)cc2)nc1. The molecule has 0 bridgehead atoms. The minimum atomic E-state index is -0.240. The van der Waals surface area contributed by atoms with Crippen LogP contribution in [0.15, 0.2) is 36.7 Å². The molecule has 0 spiro atoms. The fourth-order valence-electron chi connectivity index (χ4n) is 1.85. The van der Waals surface area contributed by atoms with E-state index >= 15 is 0 Å². The van der Waals surface area contributed by atoms with Gasteiger partial charge in [-0.2, -0.15) is 0 Å². The average molecular weight is 302 g/mol. The fourth-order valence-corrected chi connectivity index (χ4v) is 1.85. The van der Waals surface area contributed by atoms with Crippen molar-refractivity contribution in [1.29, 1.82) is 0 Å². The smallest absolute Gasteiger partial charge is 0.254 e. The molecular formula is C16H19FN4O. The molecule has 0 atom stereocenters. The average Bonchev–Trinajstić information content (AvgIpc) is 2.49. The summed E-state index contributed by atoms with van der Waals surface area (Å²) in [6, 6.07) is 6.44. The van der Waals surface area contributed by atoms with Gasteiger partial charge >= 0.3 is 0 Å². The van der Waals surface area contributed by atoms with Gasteiger partial charge in [0.05, 0.1) is 5.56 Å². The lowest BCUT2D eigenvalue weighted by Gasteiger charge is -2.08. The molecule has 22 heavy (non-hydrogen) atoms. The maximum absolute atomic E-state index is 12.8. The van der Waals surface area contributed by atoms with E-state index in [0.29, 0.717) is 18.1 Å². The number of hydrogen-bond acceptors (Lipinski definition) is 4. The second-order valence-corrected chi connectivity index (χ2v) is 5.23. The number of amides is 1. The van der Waals surface area contributed by atoms with Crippen LogP contribution < -0.4 is 10.6 Å². The van der Waals surface area contributed by atoms with Crippen LogP contribution in [-0.2, 0) is 6.42 Å². The van der Waals surface area contributed by atoms with Gasteiger partial charge in [0, 0.05) is 25.0 Å². The molecule has 0 radical (unpaired) electrons. The highest BCUT2D eigenvalue weighted by atomic mass is 19.1. The van der Waals surface area contributed by atoms with E-state index in [1.54, 1.807) is 12.1 Å². The quantitative estimate of drug-likeness (QED) is 0.860. The molecule has 0 fully saturated rings. The topological polar surface area (TPSA) is 66.9 Å². The van der Waals surface area contributed by atoms with Gasteiger partial charge in [0.2, 0.25) is 5.95 Å². The summed E-state index contributed by atoms with van der Waals surface area (Å²) in [6.07, 6.45) is 3.72. The zero-order chi connectivity index (χ0) is 15.9. The molecule has 1 aromatic heterocycles. The molecule has 116 valence electrons. The second kappa shape index (κ2) is 7.49. The molecule has 2 N–H and O–H groups in total. The summed E-state index contributed by atoms with van der Waals surface area (Å²) in [5, 5.41) is 5.84. The molecule has 1 heterocycles. The third-order valence-corrected chi connectivity index (χ3v) is 2.94. The van der Waals surface area contributed by atoms with Gasteiger partial charge < -0.3 is 10.6 Å². The lowest BCUT2D eigenvalue weighted by molar-refractivity contribution is 0.0942. The van der Waals surface area contributed by atoms with E-state index in [9.17, 15) is 9.18 Å². The molecule has 1 aromatic carbocycles. The van der Waals surface area contributed by atoms with Crippen LogP contribution in [0, 0.1) is 5.82 Å². The first-order chi connectivity index (χ1) is 10.5. The summed E-state index contributed by atoms with van der Waals surface area (Å²) < 4.78 is 12.8. The molecule has 0 unspecified atom stereocenters. The highest BCUT2D eigenvalue weighted by Gasteiger charge is 2.08. The fraction of sp³-hybridized carbons (Fsp3) is 0.312. The van der Waals surface area contributed by atoms with Crippen molar-refractivity contribution in [2.75, 3.05) is 11.9 Å². The van der Waals surface area contributed by atoms with Crippen LogP contribution in [0.2, 0.25) is 0 Å². The number of nitrogens with one attached hydrogen (secondary N) is 2. The number of carbonyl (C=O) groups is 1. The first-order valence-corrected chi connectivity index (χ1v) is 7.16. The third kappa shape index (κ3) is 4.80. The Balaban J connectivity index is 1.83. The molecule has 2 aromatic rings. The number of nitrogens with zero attached hydrogens (tertiary/aromatic N) is 2. The lowest BCUT2D eigenvalue weighted by atomic mass is 10.1.